The fraction of sp³-hybridized carbons (Fsp3) is 0.692. The van der Waals surface area contributed by atoms with Crippen LogP contribution in [0.25, 0.3) is 0 Å². The second kappa shape index (κ2) is 3.51. The molecule has 2 bridgehead atoms. The van der Waals surface area contributed by atoms with Crippen molar-refractivity contribution in [2.45, 2.75) is 24.7 Å². The third kappa shape index (κ3) is 1.37. The van der Waals surface area contributed by atoms with Gasteiger partial charge in [0.25, 0.3) is 0 Å². The minimum absolute atomic E-state index is 0.331. The SMILES string of the molecule is Brc1cnc(C23CC4CNCC(C2)C3C4)nc1. The van der Waals surface area contributed by atoms with Crippen LogP contribution >= 0.6 is 15.9 Å². The number of nitrogens with one attached hydrogen (secondary N) is 1. The molecule has 3 nitrogen and oxygen atoms in total. The van der Waals surface area contributed by atoms with Crippen molar-refractivity contribution >= 4 is 15.9 Å². The van der Waals surface area contributed by atoms with Crippen LogP contribution in [0.3, 0.4) is 0 Å². The third-order valence-electron chi connectivity index (χ3n) is 5.05. The summed E-state index contributed by atoms with van der Waals surface area (Å²) in [5.41, 5.74) is 0.331. The number of rotatable bonds is 1. The van der Waals surface area contributed by atoms with Crippen LogP contribution in [0.4, 0.5) is 0 Å². The molecule has 17 heavy (non-hydrogen) atoms. The number of halogens is 1. The van der Waals surface area contributed by atoms with E-state index in [0.717, 1.165) is 28.1 Å². The molecule has 3 fully saturated rings. The molecule has 4 atom stereocenters. The van der Waals surface area contributed by atoms with E-state index < -0.39 is 0 Å². The predicted octanol–water partition coefficient (Wildman–Crippen LogP) is 2.13. The van der Waals surface area contributed by atoms with Gasteiger partial charge in [0, 0.05) is 17.8 Å². The molecule has 3 aliphatic rings. The van der Waals surface area contributed by atoms with Gasteiger partial charge >= 0.3 is 0 Å². The smallest absolute Gasteiger partial charge is 0.134 e. The molecule has 1 N–H and O–H groups in total. The molecule has 2 aliphatic carbocycles. The predicted molar refractivity (Wildman–Crippen MR) is 68.6 cm³/mol. The zero-order valence-electron chi connectivity index (χ0n) is 9.69. The minimum Gasteiger partial charge on any atom is -0.316 e. The van der Waals surface area contributed by atoms with Gasteiger partial charge in [-0.25, -0.2) is 9.97 Å². The molecular formula is C13H16BrN3. The van der Waals surface area contributed by atoms with E-state index in [1.54, 1.807) is 0 Å². The maximum Gasteiger partial charge on any atom is 0.134 e. The van der Waals surface area contributed by atoms with Gasteiger partial charge in [-0.2, -0.15) is 0 Å². The molecule has 1 aromatic rings. The molecule has 1 aromatic heterocycles. The molecule has 2 saturated carbocycles. The second-order valence-corrected chi connectivity index (χ2v) is 6.83. The Labute approximate surface area is 110 Å². The quantitative estimate of drug-likeness (QED) is 0.862. The molecule has 0 spiro atoms. The average molecular weight is 294 g/mol. The van der Waals surface area contributed by atoms with E-state index in [9.17, 15) is 0 Å². The van der Waals surface area contributed by atoms with E-state index in [4.69, 9.17) is 0 Å². The first-order chi connectivity index (χ1) is 8.28. The van der Waals surface area contributed by atoms with Crippen molar-refractivity contribution in [3.8, 4) is 0 Å². The van der Waals surface area contributed by atoms with Gasteiger partial charge in [0.1, 0.15) is 5.82 Å². The van der Waals surface area contributed by atoms with Crippen LogP contribution in [-0.2, 0) is 5.41 Å². The summed E-state index contributed by atoms with van der Waals surface area (Å²) in [6.07, 6.45) is 7.78. The van der Waals surface area contributed by atoms with Crippen molar-refractivity contribution in [3.05, 3.63) is 22.7 Å². The Kier molecular flexibility index (Phi) is 2.16. The lowest BCUT2D eigenvalue weighted by atomic mass is 9.54. The summed E-state index contributed by atoms with van der Waals surface area (Å²) in [5.74, 6) is 3.66. The van der Waals surface area contributed by atoms with E-state index in [0.29, 0.717) is 5.41 Å². The largest absolute Gasteiger partial charge is 0.316 e. The van der Waals surface area contributed by atoms with Gasteiger partial charge < -0.3 is 5.32 Å². The van der Waals surface area contributed by atoms with Gasteiger partial charge in [-0.1, -0.05) is 0 Å². The Bertz CT molecular complexity index is 444. The normalized spacial score (nSPS) is 43.0. The molecule has 4 rings (SSSR count). The van der Waals surface area contributed by atoms with Crippen LogP contribution in [0.15, 0.2) is 16.9 Å². The Morgan fingerprint density at radius 2 is 2.06 bits per heavy atom. The summed E-state index contributed by atoms with van der Waals surface area (Å²) in [6.45, 7) is 2.41. The molecule has 1 saturated heterocycles. The number of hydrogen-bond donors (Lipinski definition) is 1. The number of aromatic nitrogens is 2. The Balaban J connectivity index is 1.72. The average Bonchev–Trinajstić information content (AvgIpc) is 2.46. The molecule has 4 unspecified atom stereocenters. The number of hydrogen-bond acceptors (Lipinski definition) is 3. The lowest BCUT2D eigenvalue weighted by molar-refractivity contribution is 0.0508. The monoisotopic (exact) mass is 293 g/mol. The van der Waals surface area contributed by atoms with Crippen molar-refractivity contribution in [1.82, 2.24) is 15.3 Å². The molecule has 2 heterocycles. The standard InChI is InChI=1S/C13H16BrN3/c14-10-6-16-12(17-7-10)13-2-8-1-11(13)9(3-13)5-15-4-8/h6-9,11,15H,1-5H2. The summed E-state index contributed by atoms with van der Waals surface area (Å²) in [5, 5.41) is 3.60. The van der Waals surface area contributed by atoms with Gasteiger partial charge in [0.15, 0.2) is 0 Å². The van der Waals surface area contributed by atoms with Crippen molar-refractivity contribution in [3.63, 3.8) is 0 Å². The second-order valence-electron chi connectivity index (χ2n) is 5.92. The van der Waals surface area contributed by atoms with Crippen LogP contribution in [0, 0.1) is 17.8 Å². The lowest BCUT2D eigenvalue weighted by Crippen LogP contribution is -2.52. The molecule has 90 valence electrons. The lowest BCUT2D eigenvalue weighted by Gasteiger charge is -2.51. The highest BCUT2D eigenvalue weighted by Crippen LogP contribution is 2.63. The molecular weight excluding hydrogens is 278 g/mol. The van der Waals surface area contributed by atoms with Gasteiger partial charge in [-0.3, -0.25) is 0 Å². The zero-order chi connectivity index (χ0) is 11.5. The third-order valence-corrected chi connectivity index (χ3v) is 5.46. The van der Waals surface area contributed by atoms with Gasteiger partial charge in [0.2, 0.25) is 0 Å². The highest BCUT2D eigenvalue weighted by atomic mass is 79.9. The summed E-state index contributed by atoms with van der Waals surface area (Å²) >= 11 is 3.42. The summed E-state index contributed by atoms with van der Waals surface area (Å²) in [4.78, 5) is 9.17. The molecule has 1 aliphatic heterocycles. The maximum atomic E-state index is 4.58. The Hall–Kier alpha value is -0.480. The topological polar surface area (TPSA) is 37.8 Å². The van der Waals surface area contributed by atoms with E-state index in [2.05, 4.69) is 31.2 Å². The first-order valence-electron chi connectivity index (χ1n) is 6.47. The number of nitrogens with zero attached hydrogens (tertiary/aromatic N) is 2. The summed E-state index contributed by atoms with van der Waals surface area (Å²) < 4.78 is 0.980. The first kappa shape index (κ1) is 10.4. The van der Waals surface area contributed by atoms with Crippen molar-refractivity contribution in [2.24, 2.45) is 17.8 Å². The van der Waals surface area contributed by atoms with Gasteiger partial charge in [-0.15, -0.1) is 0 Å². The minimum atomic E-state index is 0.331. The highest BCUT2D eigenvalue weighted by Gasteiger charge is 2.61. The maximum absolute atomic E-state index is 4.58. The van der Waals surface area contributed by atoms with Crippen LogP contribution in [0.1, 0.15) is 25.1 Å². The van der Waals surface area contributed by atoms with E-state index >= 15 is 0 Å². The number of fused-ring (bicyclic) bond motifs is 1. The van der Waals surface area contributed by atoms with Crippen molar-refractivity contribution in [1.29, 1.82) is 0 Å². The molecule has 4 heteroatoms. The zero-order valence-corrected chi connectivity index (χ0v) is 11.3. The fourth-order valence-corrected chi connectivity index (χ4v) is 4.63. The van der Waals surface area contributed by atoms with E-state index in [1.165, 1.54) is 32.4 Å². The van der Waals surface area contributed by atoms with Crippen LogP contribution in [0.5, 0.6) is 0 Å². The van der Waals surface area contributed by atoms with Gasteiger partial charge in [0.05, 0.1) is 4.47 Å². The molecule has 0 amide bonds. The Morgan fingerprint density at radius 1 is 1.24 bits per heavy atom. The van der Waals surface area contributed by atoms with E-state index in [1.807, 2.05) is 12.4 Å². The first-order valence-corrected chi connectivity index (χ1v) is 7.26. The van der Waals surface area contributed by atoms with Crippen molar-refractivity contribution < 1.29 is 0 Å². The van der Waals surface area contributed by atoms with Crippen molar-refractivity contribution in [2.75, 3.05) is 13.1 Å². The van der Waals surface area contributed by atoms with E-state index in [-0.39, 0.29) is 0 Å². The van der Waals surface area contributed by atoms with Crippen LogP contribution in [0.2, 0.25) is 0 Å². The molecule has 0 radical (unpaired) electrons. The summed E-state index contributed by atoms with van der Waals surface area (Å²) in [7, 11) is 0. The summed E-state index contributed by atoms with van der Waals surface area (Å²) in [6, 6.07) is 0. The molecule has 0 aromatic carbocycles. The highest BCUT2D eigenvalue weighted by molar-refractivity contribution is 9.10. The Morgan fingerprint density at radius 3 is 2.88 bits per heavy atom. The van der Waals surface area contributed by atoms with Crippen LogP contribution in [-0.4, -0.2) is 23.1 Å². The fourth-order valence-electron chi connectivity index (χ4n) is 4.42. The van der Waals surface area contributed by atoms with Crippen LogP contribution < -0.4 is 5.32 Å². The van der Waals surface area contributed by atoms with Gasteiger partial charge in [-0.05, 0) is 66.0 Å².